The molecule has 2 aromatic rings. The van der Waals surface area contributed by atoms with Gasteiger partial charge >= 0.3 is 0 Å². The fourth-order valence-corrected chi connectivity index (χ4v) is 2.88. The number of hydrogen-bond donors (Lipinski definition) is 0. The van der Waals surface area contributed by atoms with Gasteiger partial charge < -0.3 is 4.42 Å². The van der Waals surface area contributed by atoms with Crippen LogP contribution in [-0.4, -0.2) is 0 Å². The zero-order valence-corrected chi connectivity index (χ0v) is 13.5. The van der Waals surface area contributed by atoms with Crippen LogP contribution in [0.1, 0.15) is 31.1 Å². The maximum absolute atomic E-state index is 5.95. The van der Waals surface area contributed by atoms with E-state index in [2.05, 4.69) is 68.2 Å². The number of para-hydroxylation sites is 1. The van der Waals surface area contributed by atoms with Crippen LogP contribution >= 0.6 is 0 Å². The van der Waals surface area contributed by atoms with Crippen LogP contribution in [-0.2, 0) is 0 Å². The van der Waals surface area contributed by atoms with E-state index in [0.29, 0.717) is 5.92 Å². The van der Waals surface area contributed by atoms with Crippen molar-refractivity contribution in [2.24, 2.45) is 5.92 Å². The molecule has 1 aromatic carbocycles. The van der Waals surface area contributed by atoms with Gasteiger partial charge in [-0.15, -0.1) is 6.58 Å². The van der Waals surface area contributed by atoms with Crippen molar-refractivity contribution in [1.82, 2.24) is 0 Å². The van der Waals surface area contributed by atoms with Crippen molar-refractivity contribution in [2.45, 2.75) is 19.8 Å². The summed E-state index contributed by atoms with van der Waals surface area (Å²) in [7, 11) is 0. The first-order chi connectivity index (χ1) is 11.3. The molecular formula is C22H22O. The SMILES string of the molecule is C=CCC=CC(=CC)CC1C=Cc2oc3ccccc3c2C=C1. The van der Waals surface area contributed by atoms with Crippen molar-refractivity contribution < 1.29 is 4.42 Å². The summed E-state index contributed by atoms with van der Waals surface area (Å²) in [4.78, 5) is 0. The number of rotatable bonds is 5. The van der Waals surface area contributed by atoms with Crippen molar-refractivity contribution in [2.75, 3.05) is 0 Å². The minimum absolute atomic E-state index is 0.385. The predicted molar refractivity (Wildman–Crippen MR) is 100 cm³/mol. The van der Waals surface area contributed by atoms with Crippen molar-refractivity contribution in [1.29, 1.82) is 0 Å². The first-order valence-electron chi connectivity index (χ1n) is 8.12. The smallest absolute Gasteiger partial charge is 0.135 e. The van der Waals surface area contributed by atoms with Gasteiger partial charge in [-0.2, -0.15) is 0 Å². The van der Waals surface area contributed by atoms with Gasteiger partial charge in [-0.1, -0.05) is 66.3 Å². The Morgan fingerprint density at radius 1 is 1.22 bits per heavy atom. The topological polar surface area (TPSA) is 13.1 Å². The highest BCUT2D eigenvalue weighted by molar-refractivity contribution is 5.91. The van der Waals surface area contributed by atoms with E-state index in [9.17, 15) is 0 Å². The molecule has 1 unspecified atom stereocenters. The Hall–Kier alpha value is -2.54. The second kappa shape index (κ2) is 7.15. The van der Waals surface area contributed by atoms with Crippen LogP contribution < -0.4 is 0 Å². The normalized spacial score (nSPS) is 17.6. The average molecular weight is 302 g/mol. The van der Waals surface area contributed by atoms with Gasteiger partial charge in [0, 0.05) is 10.9 Å². The molecule has 0 N–H and O–H groups in total. The molecule has 1 heterocycles. The standard InChI is InChI=1S/C22H22O/c1-3-5-6-9-17(4-2)16-18-12-14-20-19-10-7-8-11-21(19)23-22(20)15-13-18/h3-4,6-15,18H,1,5,16H2,2H3. The summed E-state index contributed by atoms with van der Waals surface area (Å²) in [5.74, 6) is 1.34. The quantitative estimate of drug-likeness (QED) is 0.450. The van der Waals surface area contributed by atoms with E-state index in [1.165, 1.54) is 16.5 Å². The van der Waals surface area contributed by atoms with Crippen molar-refractivity contribution in [3.63, 3.8) is 0 Å². The lowest BCUT2D eigenvalue weighted by atomic mass is 9.98. The molecule has 0 spiro atoms. The first-order valence-corrected chi connectivity index (χ1v) is 8.12. The molecule has 1 aliphatic rings. The molecule has 0 bridgehead atoms. The van der Waals surface area contributed by atoms with Crippen LogP contribution in [0, 0.1) is 5.92 Å². The summed E-state index contributed by atoms with van der Waals surface area (Å²) < 4.78 is 5.95. The number of allylic oxidation sites excluding steroid dienone is 7. The second-order valence-electron chi connectivity index (χ2n) is 5.75. The van der Waals surface area contributed by atoms with Crippen LogP contribution in [0.15, 0.2) is 77.3 Å². The molecule has 1 heteroatoms. The summed E-state index contributed by atoms with van der Waals surface area (Å²) in [6.07, 6.45) is 19.2. The molecule has 116 valence electrons. The zero-order chi connectivity index (χ0) is 16.1. The molecule has 1 aromatic heterocycles. The Labute approximate surface area is 138 Å². The fourth-order valence-electron chi connectivity index (χ4n) is 2.88. The van der Waals surface area contributed by atoms with E-state index in [1.54, 1.807) is 0 Å². The van der Waals surface area contributed by atoms with E-state index >= 15 is 0 Å². The Morgan fingerprint density at radius 2 is 2.04 bits per heavy atom. The minimum Gasteiger partial charge on any atom is -0.456 e. The Bertz CT molecular complexity index is 812. The molecule has 0 fully saturated rings. The van der Waals surface area contributed by atoms with Gasteiger partial charge in [-0.05, 0) is 37.8 Å². The summed E-state index contributed by atoms with van der Waals surface area (Å²) in [5.41, 5.74) is 3.48. The highest BCUT2D eigenvalue weighted by atomic mass is 16.3. The fraction of sp³-hybridized carbons (Fsp3) is 0.182. The summed E-state index contributed by atoms with van der Waals surface area (Å²) in [5, 5.41) is 1.18. The maximum Gasteiger partial charge on any atom is 0.135 e. The van der Waals surface area contributed by atoms with E-state index in [4.69, 9.17) is 4.42 Å². The molecule has 23 heavy (non-hydrogen) atoms. The molecule has 3 rings (SSSR count). The Kier molecular flexibility index (Phi) is 4.77. The van der Waals surface area contributed by atoms with E-state index < -0.39 is 0 Å². The average Bonchev–Trinajstić information content (AvgIpc) is 2.82. The van der Waals surface area contributed by atoms with Crippen molar-refractivity contribution in [3.8, 4) is 0 Å². The van der Waals surface area contributed by atoms with Gasteiger partial charge in [0.1, 0.15) is 11.3 Å². The lowest BCUT2D eigenvalue weighted by Crippen LogP contribution is -1.92. The second-order valence-corrected chi connectivity index (χ2v) is 5.75. The molecule has 0 saturated carbocycles. The molecular weight excluding hydrogens is 280 g/mol. The third kappa shape index (κ3) is 3.45. The van der Waals surface area contributed by atoms with Crippen LogP contribution in [0.3, 0.4) is 0 Å². The van der Waals surface area contributed by atoms with Gasteiger partial charge in [0.05, 0.1) is 0 Å². The molecule has 0 radical (unpaired) electrons. The number of hydrogen-bond acceptors (Lipinski definition) is 1. The van der Waals surface area contributed by atoms with E-state index in [-0.39, 0.29) is 0 Å². The van der Waals surface area contributed by atoms with E-state index in [0.717, 1.165) is 24.2 Å². The largest absolute Gasteiger partial charge is 0.456 e. The first kappa shape index (κ1) is 15.4. The molecule has 0 aliphatic heterocycles. The minimum atomic E-state index is 0.385. The molecule has 0 amide bonds. The zero-order valence-electron chi connectivity index (χ0n) is 13.5. The van der Waals surface area contributed by atoms with Gasteiger partial charge in [-0.3, -0.25) is 0 Å². The predicted octanol–water partition coefficient (Wildman–Crippen LogP) is 6.56. The van der Waals surface area contributed by atoms with Gasteiger partial charge in [-0.25, -0.2) is 0 Å². The number of benzene rings is 1. The highest BCUT2D eigenvalue weighted by Crippen LogP contribution is 2.31. The monoisotopic (exact) mass is 302 g/mol. The van der Waals surface area contributed by atoms with Crippen LogP contribution in [0.4, 0.5) is 0 Å². The number of furan rings is 1. The maximum atomic E-state index is 5.95. The van der Waals surface area contributed by atoms with Gasteiger partial charge in [0.2, 0.25) is 0 Å². The molecule has 0 saturated heterocycles. The highest BCUT2D eigenvalue weighted by Gasteiger charge is 2.13. The lowest BCUT2D eigenvalue weighted by Gasteiger charge is -2.07. The lowest BCUT2D eigenvalue weighted by molar-refractivity contribution is 0.603. The van der Waals surface area contributed by atoms with Gasteiger partial charge in [0.25, 0.3) is 0 Å². The van der Waals surface area contributed by atoms with E-state index in [1.807, 2.05) is 18.2 Å². The van der Waals surface area contributed by atoms with Crippen LogP contribution in [0.5, 0.6) is 0 Å². The molecule has 1 atom stereocenters. The van der Waals surface area contributed by atoms with Gasteiger partial charge in [0.15, 0.2) is 0 Å². The Morgan fingerprint density at radius 3 is 2.87 bits per heavy atom. The number of fused-ring (bicyclic) bond motifs is 3. The summed E-state index contributed by atoms with van der Waals surface area (Å²) >= 11 is 0. The third-order valence-corrected chi connectivity index (χ3v) is 4.14. The summed E-state index contributed by atoms with van der Waals surface area (Å²) in [6.45, 7) is 5.84. The summed E-state index contributed by atoms with van der Waals surface area (Å²) in [6, 6.07) is 8.20. The van der Waals surface area contributed by atoms with Crippen molar-refractivity contribution >= 4 is 23.1 Å². The van der Waals surface area contributed by atoms with Crippen LogP contribution in [0.25, 0.3) is 23.1 Å². The Balaban J connectivity index is 1.80. The molecule has 1 aliphatic carbocycles. The van der Waals surface area contributed by atoms with Crippen molar-refractivity contribution in [3.05, 3.63) is 84.2 Å². The van der Waals surface area contributed by atoms with Crippen LogP contribution in [0.2, 0.25) is 0 Å². The molecule has 1 nitrogen and oxygen atoms in total. The third-order valence-electron chi connectivity index (χ3n) is 4.14.